The van der Waals surface area contributed by atoms with Crippen LogP contribution < -0.4 is 14.8 Å². The molecule has 0 spiro atoms. The summed E-state index contributed by atoms with van der Waals surface area (Å²) >= 11 is 0. The molecule has 0 fully saturated rings. The first-order valence-corrected chi connectivity index (χ1v) is 7.36. The van der Waals surface area contributed by atoms with Crippen molar-refractivity contribution in [2.75, 3.05) is 20.3 Å². The summed E-state index contributed by atoms with van der Waals surface area (Å²) in [6.07, 6.45) is 0.915. The summed E-state index contributed by atoms with van der Waals surface area (Å²) in [7, 11) is 1.69. The van der Waals surface area contributed by atoms with Crippen molar-refractivity contribution in [3.05, 3.63) is 60.2 Å². The largest absolute Gasteiger partial charge is 0.497 e. The standard InChI is InChI=1S/C18H23NO2/c1-3-19-16(14-21-17-9-5-4-6-10-17)12-15-8-7-11-18(13-15)20-2/h4-11,13,16,19H,3,12,14H2,1-2H3. The van der Waals surface area contributed by atoms with Gasteiger partial charge in [-0.05, 0) is 42.8 Å². The van der Waals surface area contributed by atoms with E-state index in [4.69, 9.17) is 9.47 Å². The van der Waals surface area contributed by atoms with Gasteiger partial charge in [-0.1, -0.05) is 37.3 Å². The summed E-state index contributed by atoms with van der Waals surface area (Å²) in [5.41, 5.74) is 1.25. The lowest BCUT2D eigenvalue weighted by molar-refractivity contribution is 0.264. The Labute approximate surface area is 126 Å². The van der Waals surface area contributed by atoms with Crippen molar-refractivity contribution in [3.63, 3.8) is 0 Å². The fourth-order valence-corrected chi connectivity index (χ4v) is 2.28. The second-order valence-corrected chi connectivity index (χ2v) is 4.93. The number of rotatable bonds is 8. The minimum atomic E-state index is 0.280. The van der Waals surface area contributed by atoms with E-state index < -0.39 is 0 Å². The summed E-state index contributed by atoms with van der Waals surface area (Å²) in [4.78, 5) is 0. The highest BCUT2D eigenvalue weighted by molar-refractivity contribution is 5.29. The molecule has 1 unspecified atom stereocenters. The molecule has 1 atom stereocenters. The van der Waals surface area contributed by atoms with Crippen LogP contribution in [0.25, 0.3) is 0 Å². The van der Waals surface area contributed by atoms with Crippen LogP contribution in [0.1, 0.15) is 12.5 Å². The zero-order chi connectivity index (χ0) is 14.9. The smallest absolute Gasteiger partial charge is 0.119 e. The predicted molar refractivity (Wildman–Crippen MR) is 86.1 cm³/mol. The fourth-order valence-electron chi connectivity index (χ4n) is 2.28. The molecule has 112 valence electrons. The number of methoxy groups -OCH3 is 1. The maximum atomic E-state index is 5.86. The van der Waals surface area contributed by atoms with Crippen LogP contribution in [0.5, 0.6) is 11.5 Å². The molecular weight excluding hydrogens is 262 g/mol. The van der Waals surface area contributed by atoms with Crippen molar-refractivity contribution in [2.45, 2.75) is 19.4 Å². The molecule has 3 heteroatoms. The van der Waals surface area contributed by atoms with Gasteiger partial charge in [0, 0.05) is 6.04 Å². The van der Waals surface area contributed by atoms with Crippen molar-refractivity contribution >= 4 is 0 Å². The van der Waals surface area contributed by atoms with E-state index in [0.29, 0.717) is 6.61 Å². The Balaban J connectivity index is 1.94. The Morgan fingerprint density at radius 2 is 1.76 bits per heavy atom. The van der Waals surface area contributed by atoms with Gasteiger partial charge in [0.1, 0.15) is 18.1 Å². The topological polar surface area (TPSA) is 30.5 Å². The van der Waals surface area contributed by atoms with E-state index in [-0.39, 0.29) is 6.04 Å². The molecule has 0 radical (unpaired) electrons. The molecule has 2 rings (SSSR count). The number of hydrogen-bond acceptors (Lipinski definition) is 3. The van der Waals surface area contributed by atoms with Gasteiger partial charge in [-0.15, -0.1) is 0 Å². The molecule has 0 aliphatic carbocycles. The van der Waals surface area contributed by atoms with Crippen molar-refractivity contribution in [1.82, 2.24) is 5.32 Å². The first-order valence-electron chi connectivity index (χ1n) is 7.36. The summed E-state index contributed by atoms with van der Waals surface area (Å²) in [6, 6.07) is 18.4. The normalized spacial score (nSPS) is 11.9. The Bertz CT molecular complexity index is 528. The summed E-state index contributed by atoms with van der Waals surface area (Å²) in [5, 5.41) is 3.47. The van der Waals surface area contributed by atoms with E-state index >= 15 is 0 Å². The Morgan fingerprint density at radius 3 is 2.48 bits per heavy atom. The summed E-state index contributed by atoms with van der Waals surface area (Å²) < 4.78 is 11.1. The van der Waals surface area contributed by atoms with Crippen LogP contribution in [0.2, 0.25) is 0 Å². The molecular formula is C18H23NO2. The zero-order valence-electron chi connectivity index (χ0n) is 12.7. The van der Waals surface area contributed by atoms with E-state index in [1.165, 1.54) is 5.56 Å². The quantitative estimate of drug-likeness (QED) is 0.807. The summed E-state index contributed by atoms with van der Waals surface area (Å²) in [5.74, 6) is 1.80. The van der Waals surface area contributed by atoms with E-state index in [2.05, 4.69) is 24.4 Å². The molecule has 0 aliphatic rings. The molecule has 1 N–H and O–H groups in total. The average molecular weight is 285 g/mol. The van der Waals surface area contributed by atoms with E-state index in [1.54, 1.807) is 7.11 Å². The van der Waals surface area contributed by atoms with Crippen molar-refractivity contribution in [2.24, 2.45) is 0 Å². The fraction of sp³-hybridized carbons (Fsp3) is 0.333. The highest BCUT2D eigenvalue weighted by Gasteiger charge is 2.10. The zero-order valence-corrected chi connectivity index (χ0v) is 12.7. The van der Waals surface area contributed by atoms with E-state index in [9.17, 15) is 0 Å². The van der Waals surface area contributed by atoms with Crippen LogP contribution in [0, 0.1) is 0 Å². The maximum absolute atomic E-state index is 5.86. The molecule has 0 saturated heterocycles. The second-order valence-electron chi connectivity index (χ2n) is 4.93. The van der Waals surface area contributed by atoms with Gasteiger partial charge in [0.2, 0.25) is 0 Å². The maximum Gasteiger partial charge on any atom is 0.119 e. The van der Waals surface area contributed by atoms with Gasteiger partial charge in [-0.25, -0.2) is 0 Å². The molecule has 21 heavy (non-hydrogen) atoms. The lowest BCUT2D eigenvalue weighted by Crippen LogP contribution is -2.36. The third-order valence-corrected chi connectivity index (χ3v) is 3.30. The van der Waals surface area contributed by atoms with Crippen LogP contribution in [0.4, 0.5) is 0 Å². The SMILES string of the molecule is CCNC(COc1ccccc1)Cc1cccc(OC)c1. The minimum Gasteiger partial charge on any atom is -0.497 e. The molecule has 0 bridgehead atoms. The Kier molecular flexibility index (Phi) is 6.10. The summed E-state index contributed by atoms with van der Waals surface area (Å²) in [6.45, 7) is 3.68. The van der Waals surface area contributed by atoms with Gasteiger partial charge in [-0.3, -0.25) is 0 Å². The number of para-hydroxylation sites is 1. The van der Waals surface area contributed by atoms with Crippen LogP contribution in [0.3, 0.4) is 0 Å². The number of hydrogen-bond donors (Lipinski definition) is 1. The van der Waals surface area contributed by atoms with Gasteiger partial charge >= 0.3 is 0 Å². The minimum absolute atomic E-state index is 0.280. The van der Waals surface area contributed by atoms with E-state index in [0.717, 1.165) is 24.5 Å². The number of likely N-dealkylation sites (N-methyl/N-ethyl adjacent to an activating group) is 1. The highest BCUT2D eigenvalue weighted by atomic mass is 16.5. The van der Waals surface area contributed by atoms with Crippen molar-refractivity contribution in [3.8, 4) is 11.5 Å². The first kappa shape index (κ1) is 15.4. The molecule has 2 aromatic rings. The van der Waals surface area contributed by atoms with Gasteiger partial charge in [0.25, 0.3) is 0 Å². The van der Waals surface area contributed by atoms with Gasteiger partial charge < -0.3 is 14.8 Å². The Hall–Kier alpha value is -2.00. The third kappa shape index (κ3) is 5.12. The second kappa shape index (κ2) is 8.32. The number of nitrogens with one attached hydrogen (secondary N) is 1. The van der Waals surface area contributed by atoms with Crippen LogP contribution in [-0.4, -0.2) is 26.3 Å². The van der Waals surface area contributed by atoms with Crippen molar-refractivity contribution < 1.29 is 9.47 Å². The number of ether oxygens (including phenoxy) is 2. The van der Waals surface area contributed by atoms with Gasteiger partial charge in [-0.2, -0.15) is 0 Å². The molecule has 2 aromatic carbocycles. The van der Waals surface area contributed by atoms with Gasteiger partial charge in [0.15, 0.2) is 0 Å². The molecule has 0 aliphatic heterocycles. The predicted octanol–water partition coefficient (Wildman–Crippen LogP) is 3.29. The molecule has 0 heterocycles. The van der Waals surface area contributed by atoms with Crippen LogP contribution >= 0.6 is 0 Å². The van der Waals surface area contributed by atoms with E-state index in [1.807, 2.05) is 42.5 Å². The molecule has 0 aromatic heterocycles. The van der Waals surface area contributed by atoms with Crippen molar-refractivity contribution in [1.29, 1.82) is 0 Å². The lowest BCUT2D eigenvalue weighted by Gasteiger charge is -2.19. The van der Waals surface area contributed by atoms with Gasteiger partial charge in [0.05, 0.1) is 7.11 Å². The molecule has 0 saturated carbocycles. The first-order chi connectivity index (χ1) is 10.3. The molecule has 3 nitrogen and oxygen atoms in total. The Morgan fingerprint density at radius 1 is 1.00 bits per heavy atom. The number of benzene rings is 2. The van der Waals surface area contributed by atoms with Crippen LogP contribution in [0.15, 0.2) is 54.6 Å². The lowest BCUT2D eigenvalue weighted by atomic mass is 10.1. The van der Waals surface area contributed by atoms with Crippen LogP contribution in [-0.2, 0) is 6.42 Å². The average Bonchev–Trinajstić information content (AvgIpc) is 2.54. The monoisotopic (exact) mass is 285 g/mol. The molecule has 0 amide bonds. The third-order valence-electron chi connectivity index (χ3n) is 3.30. The highest BCUT2D eigenvalue weighted by Crippen LogP contribution is 2.15.